The van der Waals surface area contributed by atoms with Crippen LogP contribution in [0.5, 0.6) is 0 Å². The first-order valence-electron chi connectivity index (χ1n) is 5.02. The standard InChI is InChI=1S/C12H12N2O/c1-14-11-6-2-4-9(8-13)10(11)5-3-7-12(14)15/h2,4,6H,3,5,7H2,1H3. The molecule has 76 valence electrons. The van der Waals surface area contributed by atoms with Gasteiger partial charge in [-0.25, -0.2) is 0 Å². The van der Waals surface area contributed by atoms with Crippen molar-refractivity contribution in [3.8, 4) is 6.07 Å². The molecule has 2 rings (SSSR count). The fourth-order valence-electron chi connectivity index (χ4n) is 1.97. The Morgan fingerprint density at radius 1 is 1.40 bits per heavy atom. The summed E-state index contributed by atoms with van der Waals surface area (Å²) < 4.78 is 0. The van der Waals surface area contributed by atoms with Gasteiger partial charge in [-0.2, -0.15) is 5.26 Å². The minimum atomic E-state index is 0.129. The Bertz CT molecular complexity index is 445. The largest absolute Gasteiger partial charge is 0.315 e. The lowest BCUT2D eigenvalue weighted by atomic mass is 10.0. The van der Waals surface area contributed by atoms with Gasteiger partial charge in [0.2, 0.25) is 5.91 Å². The van der Waals surface area contributed by atoms with Crippen molar-refractivity contribution in [3.05, 3.63) is 29.3 Å². The zero-order valence-electron chi connectivity index (χ0n) is 8.66. The number of benzene rings is 1. The molecule has 0 radical (unpaired) electrons. The molecule has 0 atom stereocenters. The molecule has 1 aliphatic heterocycles. The molecule has 0 N–H and O–H groups in total. The Kier molecular flexibility index (Phi) is 2.42. The Morgan fingerprint density at radius 2 is 2.20 bits per heavy atom. The van der Waals surface area contributed by atoms with Gasteiger partial charge in [0.05, 0.1) is 11.6 Å². The molecular weight excluding hydrogens is 188 g/mol. The average Bonchev–Trinajstić information content (AvgIpc) is 2.40. The highest BCUT2D eigenvalue weighted by Crippen LogP contribution is 2.28. The number of amides is 1. The van der Waals surface area contributed by atoms with E-state index in [4.69, 9.17) is 5.26 Å². The number of anilines is 1. The van der Waals surface area contributed by atoms with Crippen LogP contribution >= 0.6 is 0 Å². The summed E-state index contributed by atoms with van der Waals surface area (Å²) in [4.78, 5) is 13.3. The SMILES string of the molecule is CN1C(=O)CCCc2c(C#N)cccc21. The summed E-state index contributed by atoms with van der Waals surface area (Å²) in [5, 5.41) is 8.98. The van der Waals surface area contributed by atoms with Crippen molar-refractivity contribution in [1.29, 1.82) is 5.26 Å². The first kappa shape index (κ1) is 9.72. The molecule has 0 fully saturated rings. The smallest absolute Gasteiger partial charge is 0.226 e. The van der Waals surface area contributed by atoms with Crippen molar-refractivity contribution >= 4 is 11.6 Å². The number of hydrogen-bond acceptors (Lipinski definition) is 2. The van der Waals surface area contributed by atoms with Crippen LogP contribution < -0.4 is 4.90 Å². The molecule has 15 heavy (non-hydrogen) atoms. The van der Waals surface area contributed by atoms with E-state index in [-0.39, 0.29) is 5.91 Å². The van der Waals surface area contributed by atoms with Crippen molar-refractivity contribution < 1.29 is 4.79 Å². The van der Waals surface area contributed by atoms with Crippen molar-refractivity contribution in [1.82, 2.24) is 0 Å². The van der Waals surface area contributed by atoms with Crippen molar-refractivity contribution in [2.75, 3.05) is 11.9 Å². The third kappa shape index (κ3) is 1.59. The van der Waals surface area contributed by atoms with Gasteiger partial charge < -0.3 is 4.90 Å². The predicted molar refractivity (Wildman–Crippen MR) is 57.5 cm³/mol. The summed E-state index contributed by atoms with van der Waals surface area (Å²) >= 11 is 0. The monoisotopic (exact) mass is 200 g/mol. The quantitative estimate of drug-likeness (QED) is 0.641. The second-order valence-electron chi connectivity index (χ2n) is 3.72. The van der Waals surface area contributed by atoms with E-state index in [1.54, 1.807) is 11.9 Å². The Balaban J connectivity index is 2.58. The van der Waals surface area contributed by atoms with Gasteiger partial charge in [-0.15, -0.1) is 0 Å². The van der Waals surface area contributed by atoms with Crippen LogP contribution in [0.2, 0.25) is 0 Å². The van der Waals surface area contributed by atoms with Crippen molar-refractivity contribution in [2.24, 2.45) is 0 Å². The van der Waals surface area contributed by atoms with Crippen LogP contribution in [0.25, 0.3) is 0 Å². The first-order chi connectivity index (χ1) is 7.24. The number of carbonyl (C=O) groups excluding carboxylic acids is 1. The van der Waals surface area contributed by atoms with Crippen LogP contribution in [0.3, 0.4) is 0 Å². The van der Waals surface area contributed by atoms with Gasteiger partial charge in [-0.1, -0.05) is 6.07 Å². The third-order valence-corrected chi connectivity index (χ3v) is 2.82. The Hall–Kier alpha value is -1.82. The fourth-order valence-corrected chi connectivity index (χ4v) is 1.97. The lowest BCUT2D eigenvalue weighted by molar-refractivity contribution is -0.118. The lowest BCUT2D eigenvalue weighted by Gasteiger charge is -2.17. The number of fused-ring (bicyclic) bond motifs is 1. The van der Waals surface area contributed by atoms with Gasteiger partial charge in [-0.05, 0) is 30.5 Å². The topological polar surface area (TPSA) is 44.1 Å². The van der Waals surface area contributed by atoms with Gasteiger partial charge in [-0.3, -0.25) is 4.79 Å². The molecule has 0 saturated carbocycles. The highest BCUT2D eigenvalue weighted by Gasteiger charge is 2.20. The molecular formula is C12H12N2O. The fraction of sp³-hybridized carbons (Fsp3) is 0.333. The predicted octanol–water partition coefficient (Wildman–Crippen LogP) is 1.86. The lowest BCUT2D eigenvalue weighted by Crippen LogP contribution is -2.25. The molecule has 3 nitrogen and oxygen atoms in total. The highest BCUT2D eigenvalue weighted by atomic mass is 16.2. The highest BCUT2D eigenvalue weighted by molar-refractivity contribution is 5.94. The number of nitriles is 1. The Morgan fingerprint density at radius 3 is 2.93 bits per heavy atom. The molecule has 1 amide bonds. The van der Waals surface area contributed by atoms with Gasteiger partial charge in [0, 0.05) is 19.2 Å². The molecule has 1 aromatic rings. The number of hydrogen-bond donors (Lipinski definition) is 0. The summed E-state index contributed by atoms with van der Waals surface area (Å²) in [5.74, 6) is 0.129. The molecule has 1 aromatic carbocycles. The maximum absolute atomic E-state index is 11.6. The molecule has 0 aliphatic carbocycles. The molecule has 0 unspecified atom stereocenters. The van der Waals surface area contributed by atoms with Crippen molar-refractivity contribution in [3.63, 3.8) is 0 Å². The first-order valence-corrected chi connectivity index (χ1v) is 5.02. The van der Waals surface area contributed by atoms with E-state index in [1.165, 1.54) is 0 Å². The molecule has 0 aromatic heterocycles. The van der Waals surface area contributed by atoms with Gasteiger partial charge in [0.25, 0.3) is 0 Å². The molecule has 1 aliphatic rings. The van der Waals surface area contributed by atoms with E-state index in [0.29, 0.717) is 12.0 Å². The minimum absolute atomic E-state index is 0.129. The molecule has 1 heterocycles. The molecule has 0 spiro atoms. The maximum Gasteiger partial charge on any atom is 0.226 e. The summed E-state index contributed by atoms with van der Waals surface area (Å²) in [6.07, 6.45) is 2.21. The second kappa shape index (κ2) is 3.74. The normalized spacial score (nSPS) is 15.5. The zero-order valence-corrected chi connectivity index (χ0v) is 8.66. The van der Waals surface area contributed by atoms with E-state index in [2.05, 4.69) is 6.07 Å². The van der Waals surface area contributed by atoms with Crippen LogP contribution in [0, 0.1) is 11.3 Å². The van der Waals surface area contributed by atoms with Crippen molar-refractivity contribution in [2.45, 2.75) is 19.3 Å². The summed E-state index contributed by atoms with van der Waals surface area (Å²) in [5.41, 5.74) is 2.58. The zero-order chi connectivity index (χ0) is 10.8. The number of rotatable bonds is 0. The van der Waals surface area contributed by atoms with E-state index in [1.807, 2.05) is 18.2 Å². The van der Waals surface area contributed by atoms with Crippen LogP contribution in [-0.4, -0.2) is 13.0 Å². The van der Waals surface area contributed by atoms with E-state index >= 15 is 0 Å². The second-order valence-corrected chi connectivity index (χ2v) is 3.72. The van der Waals surface area contributed by atoms with E-state index < -0.39 is 0 Å². The van der Waals surface area contributed by atoms with Crippen LogP contribution in [0.15, 0.2) is 18.2 Å². The average molecular weight is 200 g/mol. The van der Waals surface area contributed by atoms with Crippen LogP contribution in [-0.2, 0) is 11.2 Å². The summed E-state index contributed by atoms with van der Waals surface area (Å²) in [6.45, 7) is 0. The van der Waals surface area contributed by atoms with E-state index in [0.717, 1.165) is 24.1 Å². The number of carbonyl (C=O) groups is 1. The summed E-state index contributed by atoms with van der Waals surface area (Å²) in [7, 11) is 1.77. The van der Waals surface area contributed by atoms with Crippen LogP contribution in [0.4, 0.5) is 5.69 Å². The molecule has 3 heteroatoms. The molecule has 0 bridgehead atoms. The van der Waals surface area contributed by atoms with Gasteiger partial charge >= 0.3 is 0 Å². The number of nitrogens with zero attached hydrogens (tertiary/aromatic N) is 2. The molecule has 0 saturated heterocycles. The van der Waals surface area contributed by atoms with E-state index in [9.17, 15) is 4.79 Å². The maximum atomic E-state index is 11.6. The minimum Gasteiger partial charge on any atom is -0.315 e. The third-order valence-electron chi connectivity index (χ3n) is 2.82. The Labute approximate surface area is 88.9 Å². The van der Waals surface area contributed by atoms with Crippen LogP contribution in [0.1, 0.15) is 24.0 Å². The summed E-state index contributed by atoms with van der Waals surface area (Å²) in [6, 6.07) is 7.72. The van der Waals surface area contributed by atoms with Gasteiger partial charge in [0.15, 0.2) is 0 Å². The van der Waals surface area contributed by atoms with Gasteiger partial charge in [0.1, 0.15) is 0 Å².